The molecule has 114 valence electrons. The molecule has 0 aromatic rings. The number of ether oxygens (including phenoxy) is 2. The molecule has 0 aliphatic carbocycles. The number of carbonyl (C=O) groups is 3. The van der Waals surface area contributed by atoms with E-state index < -0.39 is 29.3 Å². The van der Waals surface area contributed by atoms with Crippen molar-refractivity contribution in [3.05, 3.63) is 12.2 Å². The van der Waals surface area contributed by atoms with Crippen LogP contribution in [0, 0.1) is 0 Å². The Labute approximate surface area is 120 Å². The molecule has 0 aromatic heterocycles. The van der Waals surface area contributed by atoms with Crippen molar-refractivity contribution >= 4 is 29.7 Å². The van der Waals surface area contributed by atoms with Gasteiger partial charge in [-0.25, -0.2) is 4.79 Å². The van der Waals surface area contributed by atoms with E-state index in [1.807, 2.05) is 0 Å². The van der Waals surface area contributed by atoms with E-state index in [1.165, 1.54) is 6.92 Å². The molecule has 0 amide bonds. The van der Waals surface area contributed by atoms with Crippen LogP contribution in [0.15, 0.2) is 12.2 Å². The Morgan fingerprint density at radius 2 is 1.80 bits per heavy atom. The van der Waals surface area contributed by atoms with Crippen molar-refractivity contribution in [1.29, 1.82) is 0 Å². The van der Waals surface area contributed by atoms with Crippen molar-refractivity contribution in [1.82, 2.24) is 0 Å². The van der Waals surface area contributed by atoms with Gasteiger partial charge in [0.1, 0.15) is 24.6 Å². The molecule has 0 fully saturated rings. The largest absolute Gasteiger partial charge is 0.480 e. The fourth-order valence-electron chi connectivity index (χ4n) is 1.01. The number of rotatable bonds is 9. The minimum Gasteiger partial charge on any atom is -0.480 e. The maximum absolute atomic E-state index is 11.3. The smallest absolute Gasteiger partial charge is 0.333 e. The van der Waals surface area contributed by atoms with Gasteiger partial charge in [-0.3, -0.25) is 9.59 Å². The van der Waals surface area contributed by atoms with Gasteiger partial charge in [0, 0.05) is 5.57 Å². The molecule has 8 heteroatoms. The van der Waals surface area contributed by atoms with Gasteiger partial charge < -0.3 is 19.7 Å². The van der Waals surface area contributed by atoms with E-state index in [0.29, 0.717) is 0 Å². The van der Waals surface area contributed by atoms with Crippen molar-refractivity contribution in [3.8, 4) is 0 Å². The third kappa shape index (κ3) is 7.80. The van der Waals surface area contributed by atoms with E-state index in [2.05, 4.69) is 11.3 Å². The summed E-state index contributed by atoms with van der Waals surface area (Å²) in [6, 6.07) is 0. The van der Waals surface area contributed by atoms with Gasteiger partial charge in [-0.2, -0.15) is 0 Å². The van der Waals surface area contributed by atoms with Crippen molar-refractivity contribution in [2.45, 2.75) is 24.7 Å². The van der Waals surface area contributed by atoms with E-state index >= 15 is 0 Å². The summed E-state index contributed by atoms with van der Waals surface area (Å²) in [5.41, 5.74) is 0.193. The maximum atomic E-state index is 11.3. The van der Waals surface area contributed by atoms with Gasteiger partial charge in [0.15, 0.2) is 0 Å². The lowest BCUT2D eigenvalue weighted by atomic mass is 10.3. The van der Waals surface area contributed by atoms with Gasteiger partial charge in [-0.1, -0.05) is 6.58 Å². The minimum atomic E-state index is -1.17. The lowest BCUT2D eigenvalue weighted by Gasteiger charge is -2.13. The van der Waals surface area contributed by atoms with Crippen LogP contribution in [0.5, 0.6) is 0 Å². The molecule has 0 heterocycles. The number of aliphatic carboxylic acids is 1. The second kappa shape index (κ2) is 9.38. The highest BCUT2D eigenvalue weighted by molar-refractivity contribution is 7.99. The predicted molar refractivity (Wildman–Crippen MR) is 72.3 cm³/mol. The highest BCUT2D eigenvalue weighted by Crippen LogP contribution is 2.12. The summed E-state index contributed by atoms with van der Waals surface area (Å²) in [6.45, 7) is 4.13. The van der Waals surface area contributed by atoms with E-state index in [0.717, 1.165) is 11.8 Å². The van der Waals surface area contributed by atoms with Crippen LogP contribution < -0.4 is 0 Å². The molecule has 2 unspecified atom stereocenters. The predicted octanol–water partition coefficient (Wildman–Crippen LogP) is 0.216. The number of thioether (sulfide) groups is 1. The monoisotopic (exact) mass is 306 g/mol. The molecule has 7 nitrogen and oxygen atoms in total. The second-order valence-electron chi connectivity index (χ2n) is 3.98. The maximum Gasteiger partial charge on any atom is 0.333 e. The van der Waals surface area contributed by atoms with Crippen molar-refractivity contribution in [2.24, 2.45) is 0 Å². The van der Waals surface area contributed by atoms with E-state index in [9.17, 15) is 19.5 Å². The quantitative estimate of drug-likeness (QED) is 0.460. The number of hydrogen-bond donors (Lipinski definition) is 2. The second-order valence-corrected chi connectivity index (χ2v) is 5.02. The minimum absolute atomic E-state index is 0.193. The summed E-state index contributed by atoms with van der Waals surface area (Å²) < 4.78 is 9.36. The first-order valence-corrected chi connectivity index (χ1v) is 6.98. The third-order valence-corrected chi connectivity index (χ3v) is 3.04. The standard InChI is InChI=1S/C12H18O7S/c1-7(2)12(17)19-6-8(13)5-18-10(14)4-9(20-3)11(15)16/h8-9,13H,1,4-6H2,2-3H3,(H,15,16). The summed E-state index contributed by atoms with van der Waals surface area (Å²) in [4.78, 5) is 33.1. The number of carbonyl (C=O) groups excluding carboxylic acids is 2. The zero-order valence-electron chi connectivity index (χ0n) is 11.3. The van der Waals surface area contributed by atoms with Gasteiger partial charge in [-0.15, -0.1) is 11.8 Å². The molecule has 0 saturated carbocycles. The molecule has 0 spiro atoms. The van der Waals surface area contributed by atoms with Gasteiger partial charge in [0.05, 0.1) is 6.42 Å². The van der Waals surface area contributed by atoms with Gasteiger partial charge >= 0.3 is 17.9 Å². The Bertz CT molecular complexity index is 380. The Balaban J connectivity index is 3.97. The van der Waals surface area contributed by atoms with Crippen LogP contribution in [0.4, 0.5) is 0 Å². The molecule has 0 saturated heterocycles. The molecule has 2 atom stereocenters. The number of aliphatic hydroxyl groups is 1. The Morgan fingerprint density at radius 3 is 2.25 bits per heavy atom. The fraction of sp³-hybridized carbons (Fsp3) is 0.583. The van der Waals surface area contributed by atoms with Gasteiger partial charge in [0.25, 0.3) is 0 Å². The molecule has 0 aliphatic heterocycles. The first-order valence-electron chi connectivity index (χ1n) is 5.69. The lowest BCUT2D eigenvalue weighted by Crippen LogP contribution is -2.27. The SMILES string of the molecule is C=C(C)C(=O)OCC(O)COC(=O)CC(SC)C(=O)O. The molecule has 0 aliphatic rings. The topological polar surface area (TPSA) is 110 Å². The molecule has 0 bridgehead atoms. The summed E-state index contributed by atoms with van der Waals surface area (Å²) in [6.07, 6.45) is 0.104. The van der Waals surface area contributed by atoms with E-state index in [-0.39, 0.29) is 25.2 Å². The van der Waals surface area contributed by atoms with Crippen LogP contribution >= 0.6 is 11.8 Å². The summed E-state index contributed by atoms with van der Waals surface area (Å²) in [5.74, 6) is -2.49. The van der Waals surface area contributed by atoms with Crippen LogP contribution in [0.25, 0.3) is 0 Å². The van der Waals surface area contributed by atoms with Gasteiger partial charge in [-0.05, 0) is 13.2 Å². The zero-order chi connectivity index (χ0) is 15.7. The highest BCUT2D eigenvalue weighted by Gasteiger charge is 2.21. The van der Waals surface area contributed by atoms with Crippen LogP contribution in [-0.4, -0.2) is 58.9 Å². The fourth-order valence-corrected chi connectivity index (χ4v) is 1.52. The van der Waals surface area contributed by atoms with Crippen LogP contribution in [0.3, 0.4) is 0 Å². The molecule has 0 radical (unpaired) electrons. The van der Waals surface area contributed by atoms with Crippen LogP contribution in [0.2, 0.25) is 0 Å². The Morgan fingerprint density at radius 1 is 1.25 bits per heavy atom. The number of carboxylic acid groups (broad SMARTS) is 1. The first kappa shape index (κ1) is 18.5. The van der Waals surface area contributed by atoms with E-state index in [1.54, 1.807) is 6.26 Å². The van der Waals surface area contributed by atoms with Crippen molar-refractivity contribution in [2.75, 3.05) is 19.5 Å². The Hall–Kier alpha value is -1.54. The average molecular weight is 306 g/mol. The number of hydrogen-bond acceptors (Lipinski definition) is 7. The number of aliphatic hydroxyl groups excluding tert-OH is 1. The summed E-state index contributed by atoms with van der Waals surface area (Å²) in [5, 5.41) is 17.3. The third-order valence-electron chi connectivity index (χ3n) is 2.10. The van der Waals surface area contributed by atoms with Crippen molar-refractivity contribution in [3.63, 3.8) is 0 Å². The molecule has 0 rings (SSSR count). The van der Waals surface area contributed by atoms with Crippen LogP contribution in [-0.2, 0) is 23.9 Å². The van der Waals surface area contributed by atoms with Crippen molar-refractivity contribution < 1.29 is 34.1 Å². The van der Waals surface area contributed by atoms with Crippen LogP contribution in [0.1, 0.15) is 13.3 Å². The molecular formula is C12H18O7S. The summed E-state index contributed by atoms with van der Waals surface area (Å²) >= 11 is 1.02. The lowest BCUT2D eigenvalue weighted by molar-refractivity contribution is -0.152. The Kier molecular flexibility index (Phi) is 8.66. The highest BCUT2D eigenvalue weighted by atomic mass is 32.2. The first-order chi connectivity index (χ1) is 9.27. The zero-order valence-corrected chi connectivity index (χ0v) is 12.1. The molecule has 0 aromatic carbocycles. The number of esters is 2. The molecule has 2 N–H and O–H groups in total. The average Bonchev–Trinajstić information content (AvgIpc) is 2.38. The number of carboxylic acids is 1. The van der Waals surface area contributed by atoms with E-state index in [4.69, 9.17) is 9.84 Å². The molecular weight excluding hydrogens is 288 g/mol. The summed E-state index contributed by atoms with van der Waals surface area (Å²) in [7, 11) is 0. The molecule has 20 heavy (non-hydrogen) atoms. The normalized spacial score (nSPS) is 13.2. The van der Waals surface area contributed by atoms with Gasteiger partial charge in [0.2, 0.25) is 0 Å².